The quantitative estimate of drug-likeness (QED) is 0.0285. The predicted molar refractivity (Wildman–Crippen MR) is 489 cm³/mol. The van der Waals surface area contributed by atoms with Gasteiger partial charge < -0.3 is 67.6 Å². The summed E-state index contributed by atoms with van der Waals surface area (Å²) in [5, 5.41) is 26.5. The minimum atomic E-state index is -2.86. The van der Waals surface area contributed by atoms with Crippen LogP contribution in [0.3, 0.4) is 0 Å². The van der Waals surface area contributed by atoms with Crippen molar-refractivity contribution in [3.63, 3.8) is 0 Å². The van der Waals surface area contributed by atoms with E-state index in [0.717, 1.165) is 98.5 Å². The first-order valence-electron chi connectivity index (χ1n) is 43.4. The number of hydrogen-bond donors (Lipinski definition) is 7. The summed E-state index contributed by atoms with van der Waals surface area (Å²) in [4.78, 5) is 123. The first kappa shape index (κ1) is 104. The summed E-state index contributed by atoms with van der Waals surface area (Å²) in [6, 6.07) is 26.9. The molecule has 4 aliphatic carbocycles. The number of hydrogen-bond acceptors (Lipinski definition) is 19. The molecule has 8 aromatic rings. The molecule has 0 unspecified atom stereocenters. The Morgan fingerprint density at radius 1 is 0.372 bits per heavy atom. The number of piperidine rings is 6. The number of carboxylic acids is 1. The van der Waals surface area contributed by atoms with Crippen molar-refractivity contribution in [1.82, 2.24) is 35.5 Å². The Balaban J connectivity index is 0.000000200. The molecule has 9 N–H and O–H groups in total. The molecule has 6 aliphatic heterocycles. The number of aromatic carboxylic acids is 1. The van der Waals surface area contributed by atoms with Gasteiger partial charge in [0.2, 0.25) is 0 Å². The number of nitrogens with zero attached hydrogens (tertiary/aromatic N) is 8. The van der Waals surface area contributed by atoms with Gasteiger partial charge in [-0.25, -0.2) is 26.7 Å². The van der Waals surface area contributed by atoms with Crippen LogP contribution in [0.2, 0.25) is 0 Å². The van der Waals surface area contributed by atoms with Gasteiger partial charge in [0, 0.05) is 123 Å². The molecule has 0 atom stereocenters. The maximum Gasteiger partial charge on any atom is 1.00 e. The molecule has 10 fully saturated rings. The standard InChI is InChI=1S/C26H30F2N4O2.C22H25N3O2.C21H23N3O3.C15H13FN2O2.C7H13N.C5H9F2N.2ClH.Li.2H2O/c1-18-3-4-19(15-21(18)24(34)32-12-2-6-26(27,28)17-32)30-23(33)20-5-11-29-16-22(20)31-13-9-25(7-8-25)10-14-31;1-15-3-4-17(13-19(15)16(2)26)24-21(27)18-5-10-23-14-20(18)25-11-8-22(6-7-22)9-12-25;1-14-2-3-15(12-17(14)20(26)27)23-19(25)16-4-9-22-13-18(16)24-10-7-21(5-6-21)8-11-24;1-9-3-4-11(7-13(9)10(2)19)18-15(20)12-5-6-17-8-14(12)16;1-2-7(1)3-5-8-6-4-7;6-5(7)2-1-3-8-4-5;;;;;/h3-5,11,15-16H,2,6-10,12-14,17H2,1H3,(H,30,33);3-5,10,13-14H,6-9,11-12H2,1-2H3,(H,24,27);2-4,9,12-13H,5-8,10-11H2,1H3,(H,23,25)(H,26,27);3-8H,1-2H3,(H,18,20);8H,1-6H2;8H,1-4H2;2*1H;;2*1H2/q;;;;;;;;+1;;/p-2. The molecule has 0 radical (unpaired) electrons. The van der Waals surface area contributed by atoms with Crippen molar-refractivity contribution in [3.05, 3.63) is 219 Å². The van der Waals surface area contributed by atoms with Gasteiger partial charge in [-0.15, -0.1) is 24.8 Å². The molecule has 688 valence electrons. The number of halogens is 7. The van der Waals surface area contributed by atoms with Crippen molar-refractivity contribution in [2.24, 2.45) is 21.7 Å². The number of nitrogens with one attached hydrogen (secondary N) is 6. The van der Waals surface area contributed by atoms with E-state index in [2.05, 4.69) is 66.5 Å². The van der Waals surface area contributed by atoms with E-state index in [1.54, 1.807) is 124 Å². The Morgan fingerprint density at radius 3 is 1.00 bits per heavy atom. The third kappa shape index (κ3) is 27.9. The van der Waals surface area contributed by atoms with Gasteiger partial charge >= 0.3 is 24.8 Å². The van der Waals surface area contributed by atoms with Crippen LogP contribution in [-0.4, -0.2) is 178 Å². The number of alkyl halides is 4. The Morgan fingerprint density at radius 2 is 0.690 bits per heavy atom. The number of carboxylic acid groups (broad SMARTS) is 1. The summed E-state index contributed by atoms with van der Waals surface area (Å²) in [5.41, 5.74) is 13.5. The maximum absolute atomic E-state index is 13.8. The van der Waals surface area contributed by atoms with Crippen LogP contribution in [0.1, 0.15) is 247 Å². The van der Waals surface area contributed by atoms with Gasteiger partial charge in [0.15, 0.2) is 17.4 Å². The Hall–Kier alpha value is -10.3. The predicted octanol–water partition coefficient (Wildman–Crippen LogP) is 15.5. The van der Waals surface area contributed by atoms with Gasteiger partial charge in [-0.3, -0.25) is 53.5 Å². The number of Topliss-reactive ketones (excluding diaryl/α,β-unsaturated/α-hetero) is 2. The minimum absolute atomic E-state index is 0. The van der Waals surface area contributed by atoms with Crippen LogP contribution >= 0.6 is 24.8 Å². The number of anilines is 7. The van der Waals surface area contributed by atoms with Crippen molar-refractivity contribution in [3.8, 4) is 0 Å². The molecule has 0 bridgehead atoms. The van der Waals surface area contributed by atoms with Crippen LogP contribution in [0.25, 0.3) is 0 Å². The van der Waals surface area contributed by atoms with Gasteiger partial charge in [-0.05, 0) is 293 Å². The third-order valence-corrected chi connectivity index (χ3v) is 26.3. The summed E-state index contributed by atoms with van der Waals surface area (Å²) >= 11 is 0. The minimum Gasteiger partial charge on any atom is -0.870 e. The molecule has 10 aliphatic rings. The molecule has 4 aromatic heterocycles. The van der Waals surface area contributed by atoms with Crippen LogP contribution in [0, 0.1) is 55.2 Å². The first-order valence-corrected chi connectivity index (χ1v) is 43.4. The number of ketones is 2. The molecule has 10 heterocycles. The van der Waals surface area contributed by atoms with E-state index >= 15 is 0 Å². The normalized spacial score (nSPS) is 18.2. The second-order valence-corrected chi connectivity index (χ2v) is 35.4. The molecule has 18 rings (SSSR count). The van der Waals surface area contributed by atoms with E-state index in [0.29, 0.717) is 96.5 Å². The van der Waals surface area contributed by atoms with Crippen molar-refractivity contribution in [2.45, 2.75) is 182 Å². The van der Waals surface area contributed by atoms with E-state index in [4.69, 9.17) is 0 Å². The average Bonchev–Trinajstić information content (AvgIpc) is 1.60. The topological polar surface area (TPSA) is 353 Å². The van der Waals surface area contributed by atoms with E-state index < -0.39 is 42.0 Å². The average molecular weight is 1820 g/mol. The number of aromatic nitrogens is 4. The van der Waals surface area contributed by atoms with Gasteiger partial charge in [0.05, 0.1) is 82.8 Å². The fourth-order valence-corrected chi connectivity index (χ4v) is 17.3. The Kier molecular flexibility index (Phi) is 36.7. The van der Waals surface area contributed by atoms with E-state index in [1.807, 2.05) is 26.0 Å². The fraction of sp³-hybridized carbons (Fsp3) is 0.458. The molecule has 5 amide bonds. The largest absolute Gasteiger partial charge is 1.00 e. The Labute approximate surface area is 774 Å². The molecule has 33 heteroatoms. The zero-order valence-corrected chi connectivity index (χ0v) is 76.0. The third-order valence-electron chi connectivity index (χ3n) is 26.3. The SMILES string of the molecule is C1CC2(CCN1)CC2.CC(=O)c1cc(NC(=O)c2ccncc2F)ccc1C.CC(=O)c1cc(NC(=O)c2ccncc2N2CCC3(CC2)CC3)ccc1C.Cc1ccc(NC(=O)c2ccncc2N2CCC3(CC2)CC3)cc1C(=O)N1CCCC(F)(F)C1.Cc1ccc(NC(=O)c2ccncc2N2CCC3(CC2)CC3)cc1C(=O)O.Cl.Cl.FC1(F)CCCNC1.[Li+].[OH-].[OH-]. The molecule has 25 nitrogen and oxygen atoms in total. The zero-order chi connectivity index (χ0) is 88.1. The molecular weight excluding hydrogens is 1700 g/mol. The second-order valence-electron chi connectivity index (χ2n) is 35.4. The van der Waals surface area contributed by atoms with Crippen molar-refractivity contribution >= 4 is 112 Å². The van der Waals surface area contributed by atoms with Crippen LogP contribution in [0.4, 0.5) is 61.8 Å². The monoisotopic (exact) mass is 1810 g/mol. The summed E-state index contributed by atoms with van der Waals surface area (Å²) in [7, 11) is 0. The zero-order valence-electron chi connectivity index (χ0n) is 74.4. The van der Waals surface area contributed by atoms with Crippen molar-refractivity contribution < 1.29 is 95.2 Å². The van der Waals surface area contributed by atoms with Crippen LogP contribution in [0.5, 0.6) is 0 Å². The van der Waals surface area contributed by atoms with Gasteiger partial charge in [-0.1, -0.05) is 24.3 Å². The maximum atomic E-state index is 13.8. The van der Waals surface area contributed by atoms with E-state index in [1.165, 1.54) is 140 Å². The van der Waals surface area contributed by atoms with E-state index in [9.17, 15) is 65.4 Å². The van der Waals surface area contributed by atoms with Crippen LogP contribution in [0.15, 0.2) is 147 Å². The van der Waals surface area contributed by atoms with Gasteiger partial charge in [0.25, 0.3) is 41.4 Å². The second kappa shape index (κ2) is 45.5. The number of pyridine rings is 4. The summed E-state index contributed by atoms with van der Waals surface area (Å²) < 4.78 is 65.4. The number of amides is 5. The van der Waals surface area contributed by atoms with Crippen LogP contribution in [-0.2, 0) is 0 Å². The van der Waals surface area contributed by atoms with Crippen molar-refractivity contribution in [2.75, 3.05) is 115 Å². The number of benzene rings is 4. The van der Waals surface area contributed by atoms with Gasteiger partial charge in [0.1, 0.15) is 0 Å². The molecule has 4 spiro atoms. The Bertz CT molecular complexity index is 5090. The number of aryl methyl sites for hydroxylation is 4. The molecule has 6 saturated heterocycles. The van der Waals surface area contributed by atoms with E-state index in [-0.39, 0.29) is 121 Å². The van der Waals surface area contributed by atoms with Crippen LogP contribution < -0.4 is 65.5 Å². The number of carbonyl (C=O) groups excluding carboxylic acids is 7. The molecule has 4 saturated carbocycles. The van der Waals surface area contributed by atoms with Gasteiger partial charge in [-0.2, -0.15) is 0 Å². The summed E-state index contributed by atoms with van der Waals surface area (Å²) in [5.74, 6) is -8.79. The number of carbonyl (C=O) groups is 8. The number of rotatable bonds is 15. The fourth-order valence-electron chi connectivity index (χ4n) is 17.3. The number of likely N-dealkylation sites (tertiary alicyclic amines) is 1. The summed E-state index contributed by atoms with van der Waals surface area (Å²) in [6.07, 6.45) is 34.2. The molecule has 4 aromatic carbocycles. The summed E-state index contributed by atoms with van der Waals surface area (Å²) in [6.45, 7) is 18.8. The molecular formula is C96H117Cl2F5LiN14O11-. The molecule has 129 heavy (non-hydrogen) atoms. The smallest absolute Gasteiger partial charge is 0.870 e. The first-order chi connectivity index (χ1) is 59.3. The van der Waals surface area contributed by atoms with Crippen molar-refractivity contribution in [1.29, 1.82) is 0 Å².